The Balaban J connectivity index is 1.90. The zero-order chi connectivity index (χ0) is 13.0. The molecular formula is C12H24N2O2S2. The first-order valence-electron chi connectivity index (χ1n) is 6.86. The fourth-order valence-electron chi connectivity index (χ4n) is 2.90. The van der Waals surface area contributed by atoms with Crippen molar-refractivity contribution in [2.75, 3.05) is 19.3 Å². The summed E-state index contributed by atoms with van der Waals surface area (Å²) < 4.78 is 27.6. The molecule has 1 aliphatic carbocycles. The van der Waals surface area contributed by atoms with Gasteiger partial charge in [-0.3, -0.25) is 0 Å². The van der Waals surface area contributed by atoms with Crippen molar-refractivity contribution in [3.8, 4) is 0 Å². The van der Waals surface area contributed by atoms with Crippen LogP contribution in [0.15, 0.2) is 0 Å². The van der Waals surface area contributed by atoms with Crippen LogP contribution < -0.4 is 10.0 Å². The van der Waals surface area contributed by atoms with Crippen molar-refractivity contribution >= 4 is 21.8 Å². The lowest BCUT2D eigenvalue weighted by molar-refractivity contribution is 0.413. The summed E-state index contributed by atoms with van der Waals surface area (Å²) in [5.74, 6) is 0. The van der Waals surface area contributed by atoms with Gasteiger partial charge in [0.15, 0.2) is 0 Å². The van der Waals surface area contributed by atoms with Gasteiger partial charge in [0.25, 0.3) is 0 Å². The van der Waals surface area contributed by atoms with E-state index in [1.54, 1.807) is 0 Å². The van der Waals surface area contributed by atoms with Gasteiger partial charge < -0.3 is 5.32 Å². The van der Waals surface area contributed by atoms with Gasteiger partial charge in [-0.15, -0.1) is 0 Å². The molecule has 2 aliphatic rings. The molecule has 1 aliphatic heterocycles. The number of hydrogen-bond acceptors (Lipinski definition) is 4. The Morgan fingerprint density at radius 2 is 1.89 bits per heavy atom. The van der Waals surface area contributed by atoms with Gasteiger partial charge in [-0.2, -0.15) is 11.8 Å². The minimum Gasteiger partial charge on any atom is -0.317 e. The van der Waals surface area contributed by atoms with Gasteiger partial charge in [-0.05, 0) is 51.4 Å². The molecule has 0 spiro atoms. The smallest absolute Gasteiger partial charge is 0.214 e. The summed E-state index contributed by atoms with van der Waals surface area (Å²) in [5.41, 5.74) is 0. The molecule has 2 atom stereocenters. The zero-order valence-electron chi connectivity index (χ0n) is 11.0. The molecule has 6 heteroatoms. The van der Waals surface area contributed by atoms with E-state index in [-0.39, 0.29) is 11.3 Å². The number of hydrogen-bond donors (Lipinski definition) is 2. The van der Waals surface area contributed by atoms with E-state index in [1.807, 2.05) is 11.8 Å². The van der Waals surface area contributed by atoms with Crippen LogP contribution in [0.5, 0.6) is 0 Å². The van der Waals surface area contributed by atoms with Crippen LogP contribution in [0, 0.1) is 0 Å². The molecule has 0 bridgehead atoms. The van der Waals surface area contributed by atoms with Crippen molar-refractivity contribution in [2.45, 2.75) is 55.1 Å². The number of sulfonamides is 1. The topological polar surface area (TPSA) is 58.2 Å². The molecule has 0 radical (unpaired) electrons. The van der Waals surface area contributed by atoms with Crippen LogP contribution in [0.4, 0.5) is 0 Å². The summed E-state index contributed by atoms with van der Waals surface area (Å²) in [5, 5.41) is 3.65. The van der Waals surface area contributed by atoms with Crippen LogP contribution in [0.25, 0.3) is 0 Å². The van der Waals surface area contributed by atoms with Gasteiger partial charge in [0.2, 0.25) is 10.0 Å². The van der Waals surface area contributed by atoms with Crippen molar-refractivity contribution in [3.63, 3.8) is 0 Å². The maximum absolute atomic E-state index is 12.3. The fourth-order valence-corrected chi connectivity index (χ4v) is 5.45. The lowest BCUT2D eigenvalue weighted by atomic mass is 9.96. The summed E-state index contributed by atoms with van der Waals surface area (Å²) in [6.45, 7) is 1.65. The molecule has 1 saturated carbocycles. The molecule has 1 saturated heterocycles. The van der Waals surface area contributed by atoms with E-state index in [2.05, 4.69) is 16.3 Å². The van der Waals surface area contributed by atoms with Crippen LogP contribution in [0.1, 0.15) is 38.5 Å². The molecule has 0 amide bonds. The first-order valence-corrected chi connectivity index (χ1v) is 9.70. The second-order valence-corrected chi connectivity index (χ2v) is 8.46. The summed E-state index contributed by atoms with van der Waals surface area (Å²) in [4.78, 5) is 0. The average Bonchev–Trinajstić information content (AvgIpc) is 2.39. The first-order chi connectivity index (χ1) is 8.62. The predicted molar refractivity (Wildman–Crippen MR) is 77.5 cm³/mol. The number of piperidine rings is 1. The SMILES string of the molecule is CSC1CCCC(NS(=O)(=O)C2CCNCC2)C1. The molecule has 1 heterocycles. The van der Waals surface area contributed by atoms with Crippen LogP contribution in [-0.2, 0) is 10.0 Å². The van der Waals surface area contributed by atoms with Gasteiger partial charge in [0.1, 0.15) is 0 Å². The highest BCUT2D eigenvalue weighted by molar-refractivity contribution is 7.99. The van der Waals surface area contributed by atoms with Crippen LogP contribution >= 0.6 is 11.8 Å². The fraction of sp³-hybridized carbons (Fsp3) is 1.00. The normalized spacial score (nSPS) is 31.4. The highest BCUT2D eigenvalue weighted by Crippen LogP contribution is 2.27. The Hall–Kier alpha value is 0.220. The van der Waals surface area contributed by atoms with E-state index < -0.39 is 10.0 Å². The minimum atomic E-state index is -3.11. The molecule has 4 nitrogen and oxygen atoms in total. The van der Waals surface area contributed by atoms with E-state index in [4.69, 9.17) is 0 Å². The van der Waals surface area contributed by atoms with E-state index in [0.717, 1.165) is 45.2 Å². The van der Waals surface area contributed by atoms with Gasteiger partial charge in [0, 0.05) is 11.3 Å². The van der Waals surface area contributed by atoms with Crippen molar-refractivity contribution in [1.29, 1.82) is 0 Å². The van der Waals surface area contributed by atoms with Crippen molar-refractivity contribution in [3.05, 3.63) is 0 Å². The standard InChI is InChI=1S/C12H24N2O2S2/c1-17-11-4-2-3-10(9-11)14-18(15,16)12-5-7-13-8-6-12/h10-14H,2-9H2,1H3. The van der Waals surface area contributed by atoms with Crippen LogP contribution in [0.3, 0.4) is 0 Å². The van der Waals surface area contributed by atoms with E-state index >= 15 is 0 Å². The molecular weight excluding hydrogens is 268 g/mol. The minimum absolute atomic E-state index is 0.163. The molecule has 2 fully saturated rings. The molecule has 18 heavy (non-hydrogen) atoms. The Kier molecular flexibility index (Phi) is 5.35. The molecule has 2 unspecified atom stereocenters. The third-order valence-corrected chi connectivity index (χ3v) is 7.12. The lowest BCUT2D eigenvalue weighted by Crippen LogP contribution is -2.46. The Morgan fingerprint density at radius 1 is 1.17 bits per heavy atom. The monoisotopic (exact) mass is 292 g/mol. The Labute approximate surface area is 115 Å². The number of thioether (sulfide) groups is 1. The van der Waals surface area contributed by atoms with Gasteiger partial charge >= 0.3 is 0 Å². The predicted octanol–water partition coefficient (Wildman–Crippen LogP) is 1.33. The summed E-state index contributed by atoms with van der Waals surface area (Å²) >= 11 is 1.87. The van der Waals surface area contributed by atoms with E-state index in [1.165, 1.54) is 6.42 Å². The van der Waals surface area contributed by atoms with Crippen LogP contribution in [0.2, 0.25) is 0 Å². The Bertz CT molecular complexity index is 353. The molecule has 0 aromatic rings. The molecule has 2 rings (SSSR count). The third-order valence-electron chi connectivity index (χ3n) is 4.02. The Morgan fingerprint density at radius 3 is 2.56 bits per heavy atom. The summed E-state index contributed by atoms with van der Waals surface area (Å²) in [7, 11) is -3.11. The summed E-state index contributed by atoms with van der Waals surface area (Å²) in [6, 6.07) is 0.163. The maximum Gasteiger partial charge on any atom is 0.214 e. The quantitative estimate of drug-likeness (QED) is 0.821. The van der Waals surface area contributed by atoms with Crippen molar-refractivity contribution in [1.82, 2.24) is 10.0 Å². The lowest BCUT2D eigenvalue weighted by Gasteiger charge is -2.31. The summed E-state index contributed by atoms with van der Waals surface area (Å²) in [6.07, 6.45) is 7.97. The van der Waals surface area contributed by atoms with Crippen molar-refractivity contribution < 1.29 is 8.42 Å². The average molecular weight is 292 g/mol. The van der Waals surface area contributed by atoms with E-state index in [0.29, 0.717) is 5.25 Å². The van der Waals surface area contributed by atoms with Crippen LogP contribution in [-0.4, -0.2) is 44.3 Å². The molecule has 0 aromatic carbocycles. The van der Waals surface area contributed by atoms with E-state index in [9.17, 15) is 8.42 Å². The molecule has 106 valence electrons. The maximum atomic E-state index is 12.3. The molecule has 2 N–H and O–H groups in total. The van der Waals surface area contributed by atoms with Gasteiger partial charge in [-0.1, -0.05) is 6.42 Å². The van der Waals surface area contributed by atoms with Gasteiger partial charge in [-0.25, -0.2) is 13.1 Å². The third kappa shape index (κ3) is 3.85. The highest BCUT2D eigenvalue weighted by Gasteiger charge is 2.31. The van der Waals surface area contributed by atoms with Crippen molar-refractivity contribution in [2.24, 2.45) is 0 Å². The highest BCUT2D eigenvalue weighted by atomic mass is 32.2. The van der Waals surface area contributed by atoms with Gasteiger partial charge in [0.05, 0.1) is 5.25 Å². The zero-order valence-corrected chi connectivity index (χ0v) is 12.7. The first kappa shape index (κ1) is 14.6. The largest absolute Gasteiger partial charge is 0.317 e. The number of nitrogens with one attached hydrogen (secondary N) is 2. The second kappa shape index (κ2) is 6.59. The molecule has 0 aromatic heterocycles. The second-order valence-electron chi connectivity index (χ2n) is 5.33. The number of rotatable bonds is 4.